The lowest BCUT2D eigenvalue weighted by atomic mass is 10.3. The topological polar surface area (TPSA) is 57.5 Å². The van der Waals surface area contributed by atoms with Crippen LogP contribution < -0.4 is 5.73 Å². The Hall–Kier alpha value is -0.670. The SMILES string of the molecule is Nc1ccccc1S.O. The molecule has 0 spiro atoms. The molecular weight excluding hydrogens is 134 g/mol. The van der Waals surface area contributed by atoms with E-state index >= 15 is 0 Å². The van der Waals surface area contributed by atoms with Gasteiger partial charge in [0.05, 0.1) is 0 Å². The third-order valence-electron chi connectivity index (χ3n) is 0.937. The molecule has 0 fully saturated rings. The summed E-state index contributed by atoms with van der Waals surface area (Å²) in [6.45, 7) is 0. The monoisotopic (exact) mass is 143 g/mol. The molecule has 0 aliphatic heterocycles. The standard InChI is InChI=1S/C6H7NS.H2O/c7-5-3-1-2-4-6(5)8;/h1-4,8H,7H2;1H2. The molecule has 0 saturated carbocycles. The van der Waals surface area contributed by atoms with Gasteiger partial charge in [-0.05, 0) is 12.1 Å². The van der Waals surface area contributed by atoms with Gasteiger partial charge >= 0.3 is 0 Å². The van der Waals surface area contributed by atoms with Crippen LogP contribution in [0, 0.1) is 0 Å². The molecule has 2 nitrogen and oxygen atoms in total. The summed E-state index contributed by atoms with van der Waals surface area (Å²) in [5.74, 6) is 0. The third kappa shape index (κ3) is 1.95. The van der Waals surface area contributed by atoms with Gasteiger partial charge in [0.25, 0.3) is 0 Å². The fourth-order valence-electron chi connectivity index (χ4n) is 0.488. The molecule has 0 aliphatic rings. The van der Waals surface area contributed by atoms with Gasteiger partial charge in [0.15, 0.2) is 0 Å². The first-order valence-corrected chi connectivity index (χ1v) is 2.79. The highest BCUT2D eigenvalue weighted by Gasteiger charge is 1.85. The average molecular weight is 143 g/mol. The Morgan fingerprint density at radius 1 is 1.22 bits per heavy atom. The van der Waals surface area contributed by atoms with Gasteiger partial charge in [-0.25, -0.2) is 0 Å². The average Bonchev–Trinajstić information content (AvgIpc) is 1.77. The molecule has 0 unspecified atom stereocenters. The number of hydrogen-bond acceptors (Lipinski definition) is 2. The fourth-order valence-corrected chi connectivity index (χ4v) is 0.648. The second-order valence-electron chi connectivity index (χ2n) is 1.56. The first-order chi connectivity index (χ1) is 3.80. The van der Waals surface area contributed by atoms with E-state index in [0.717, 1.165) is 10.6 Å². The van der Waals surface area contributed by atoms with Gasteiger partial charge in [-0.2, -0.15) is 0 Å². The third-order valence-corrected chi connectivity index (χ3v) is 1.34. The van der Waals surface area contributed by atoms with Crippen LogP contribution in [0.3, 0.4) is 0 Å². The Morgan fingerprint density at radius 3 is 2.11 bits per heavy atom. The molecule has 0 bridgehead atoms. The van der Waals surface area contributed by atoms with Crippen molar-refractivity contribution >= 4 is 18.3 Å². The highest BCUT2D eigenvalue weighted by Crippen LogP contribution is 2.13. The minimum Gasteiger partial charge on any atom is -0.412 e. The molecule has 0 atom stereocenters. The Kier molecular flexibility index (Phi) is 3.12. The first kappa shape index (κ1) is 8.33. The lowest BCUT2D eigenvalue weighted by Crippen LogP contribution is -1.83. The van der Waals surface area contributed by atoms with Crippen molar-refractivity contribution in [3.05, 3.63) is 24.3 Å². The van der Waals surface area contributed by atoms with Crippen molar-refractivity contribution in [2.75, 3.05) is 5.73 Å². The van der Waals surface area contributed by atoms with E-state index in [2.05, 4.69) is 12.6 Å². The molecular formula is C6H9NOS. The number of nitrogens with two attached hydrogens (primary N) is 1. The highest BCUT2D eigenvalue weighted by atomic mass is 32.1. The van der Waals surface area contributed by atoms with Gasteiger partial charge < -0.3 is 11.2 Å². The van der Waals surface area contributed by atoms with Crippen LogP contribution in [0.2, 0.25) is 0 Å². The van der Waals surface area contributed by atoms with Crippen LogP contribution >= 0.6 is 12.6 Å². The summed E-state index contributed by atoms with van der Waals surface area (Å²) >= 11 is 4.07. The molecule has 50 valence electrons. The second-order valence-corrected chi connectivity index (χ2v) is 2.04. The van der Waals surface area contributed by atoms with Crippen LogP contribution in [0.1, 0.15) is 0 Å². The highest BCUT2D eigenvalue weighted by molar-refractivity contribution is 7.80. The summed E-state index contributed by atoms with van der Waals surface area (Å²) in [6.07, 6.45) is 0. The Morgan fingerprint density at radius 2 is 1.78 bits per heavy atom. The van der Waals surface area contributed by atoms with Crippen molar-refractivity contribution in [2.24, 2.45) is 0 Å². The van der Waals surface area contributed by atoms with Crippen LogP contribution in [0.25, 0.3) is 0 Å². The number of rotatable bonds is 0. The van der Waals surface area contributed by atoms with Crippen molar-refractivity contribution in [2.45, 2.75) is 4.90 Å². The van der Waals surface area contributed by atoms with E-state index in [9.17, 15) is 0 Å². The molecule has 9 heavy (non-hydrogen) atoms. The maximum absolute atomic E-state index is 5.44. The minimum absolute atomic E-state index is 0. The van der Waals surface area contributed by atoms with E-state index in [1.165, 1.54) is 0 Å². The quantitative estimate of drug-likeness (QED) is 0.408. The lowest BCUT2D eigenvalue weighted by molar-refractivity contribution is 0.824. The van der Waals surface area contributed by atoms with Crippen molar-refractivity contribution in [3.8, 4) is 0 Å². The lowest BCUT2D eigenvalue weighted by Gasteiger charge is -1.92. The summed E-state index contributed by atoms with van der Waals surface area (Å²) in [4.78, 5) is 0.840. The summed E-state index contributed by atoms with van der Waals surface area (Å²) < 4.78 is 0. The molecule has 3 heteroatoms. The van der Waals surface area contributed by atoms with E-state index in [1.54, 1.807) is 0 Å². The van der Waals surface area contributed by atoms with E-state index in [1.807, 2.05) is 24.3 Å². The fraction of sp³-hybridized carbons (Fsp3) is 0. The van der Waals surface area contributed by atoms with E-state index < -0.39 is 0 Å². The number of para-hydroxylation sites is 1. The summed E-state index contributed by atoms with van der Waals surface area (Å²) in [5, 5.41) is 0. The Balaban J connectivity index is 0.000000640. The first-order valence-electron chi connectivity index (χ1n) is 2.34. The number of thiol groups is 1. The van der Waals surface area contributed by atoms with Crippen LogP contribution in [-0.2, 0) is 0 Å². The van der Waals surface area contributed by atoms with E-state index in [-0.39, 0.29) is 5.48 Å². The smallest absolute Gasteiger partial charge is 0.0449 e. The van der Waals surface area contributed by atoms with Gasteiger partial charge in [0.1, 0.15) is 0 Å². The van der Waals surface area contributed by atoms with E-state index in [0.29, 0.717) is 0 Å². The zero-order chi connectivity index (χ0) is 5.98. The van der Waals surface area contributed by atoms with Gasteiger partial charge in [0, 0.05) is 10.6 Å². The molecule has 1 rings (SSSR count). The van der Waals surface area contributed by atoms with Crippen molar-refractivity contribution in [1.29, 1.82) is 0 Å². The largest absolute Gasteiger partial charge is 0.412 e. The van der Waals surface area contributed by atoms with Crippen molar-refractivity contribution in [1.82, 2.24) is 0 Å². The Labute approximate surface area is 59.4 Å². The Bertz CT molecular complexity index is 169. The van der Waals surface area contributed by atoms with Gasteiger partial charge in [-0.15, -0.1) is 12.6 Å². The summed E-state index contributed by atoms with van der Waals surface area (Å²) in [6, 6.07) is 7.47. The molecule has 1 aromatic rings. The maximum Gasteiger partial charge on any atom is 0.0449 e. The maximum atomic E-state index is 5.44. The van der Waals surface area contributed by atoms with Crippen molar-refractivity contribution < 1.29 is 5.48 Å². The number of benzene rings is 1. The molecule has 1 aromatic carbocycles. The summed E-state index contributed by atoms with van der Waals surface area (Å²) in [5.41, 5.74) is 6.18. The van der Waals surface area contributed by atoms with Crippen LogP contribution in [0.4, 0.5) is 5.69 Å². The van der Waals surface area contributed by atoms with Gasteiger partial charge in [0.2, 0.25) is 0 Å². The number of hydrogen-bond donors (Lipinski definition) is 2. The molecule has 0 aromatic heterocycles. The predicted molar refractivity (Wildman–Crippen MR) is 41.7 cm³/mol. The van der Waals surface area contributed by atoms with Crippen molar-refractivity contribution in [3.63, 3.8) is 0 Å². The van der Waals surface area contributed by atoms with Gasteiger partial charge in [-0.1, -0.05) is 12.1 Å². The number of anilines is 1. The molecule has 0 radical (unpaired) electrons. The molecule has 0 saturated heterocycles. The van der Waals surface area contributed by atoms with Crippen LogP contribution in [-0.4, -0.2) is 5.48 Å². The van der Waals surface area contributed by atoms with E-state index in [4.69, 9.17) is 5.73 Å². The second kappa shape index (κ2) is 3.37. The minimum atomic E-state index is 0. The summed E-state index contributed by atoms with van der Waals surface area (Å²) in [7, 11) is 0. The molecule has 0 amide bonds. The van der Waals surface area contributed by atoms with Crippen LogP contribution in [0.5, 0.6) is 0 Å². The zero-order valence-corrected chi connectivity index (χ0v) is 5.73. The zero-order valence-electron chi connectivity index (χ0n) is 4.83. The normalized spacial score (nSPS) is 8.11. The molecule has 0 heterocycles. The van der Waals surface area contributed by atoms with Crippen LogP contribution in [0.15, 0.2) is 29.2 Å². The van der Waals surface area contributed by atoms with Gasteiger partial charge in [-0.3, -0.25) is 0 Å². The predicted octanol–water partition coefficient (Wildman–Crippen LogP) is 0.733. The molecule has 0 aliphatic carbocycles. The molecule has 4 N–H and O–H groups in total. The number of nitrogen functional groups attached to an aromatic ring is 1.